The van der Waals surface area contributed by atoms with Gasteiger partial charge < -0.3 is 10.6 Å². The number of nitrogens with one attached hydrogen (secondary N) is 2. The van der Waals surface area contributed by atoms with Crippen LogP contribution in [0, 0.1) is 0 Å². The molecule has 2 N–H and O–H groups in total. The molecular weight excluding hydrogens is 212 g/mol. The summed E-state index contributed by atoms with van der Waals surface area (Å²) in [7, 11) is 1.86. The van der Waals surface area contributed by atoms with Crippen LogP contribution in [-0.4, -0.2) is 23.6 Å². The van der Waals surface area contributed by atoms with Gasteiger partial charge in [0, 0.05) is 43.9 Å². The topological polar surface area (TPSA) is 49.8 Å². The van der Waals surface area contributed by atoms with Crippen molar-refractivity contribution in [3.05, 3.63) is 48.4 Å². The molecule has 0 saturated heterocycles. The molecule has 0 atom stereocenters. The molecule has 2 aromatic rings. The van der Waals surface area contributed by atoms with Crippen molar-refractivity contribution < 1.29 is 0 Å². The average molecular weight is 228 g/mol. The number of rotatable bonds is 5. The van der Waals surface area contributed by atoms with E-state index in [2.05, 4.69) is 20.6 Å². The van der Waals surface area contributed by atoms with Crippen LogP contribution in [0.25, 0.3) is 0 Å². The number of pyridine rings is 2. The van der Waals surface area contributed by atoms with Crippen molar-refractivity contribution >= 4 is 11.5 Å². The highest BCUT2D eigenvalue weighted by atomic mass is 15.0. The second-order valence-corrected chi connectivity index (χ2v) is 3.71. The molecule has 2 rings (SSSR count). The monoisotopic (exact) mass is 228 g/mol. The van der Waals surface area contributed by atoms with Gasteiger partial charge in [-0.3, -0.25) is 4.98 Å². The molecule has 17 heavy (non-hydrogen) atoms. The molecule has 0 aliphatic heterocycles. The van der Waals surface area contributed by atoms with Crippen LogP contribution in [0.3, 0.4) is 0 Å². The van der Waals surface area contributed by atoms with E-state index in [1.54, 1.807) is 6.20 Å². The van der Waals surface area contributed by atoms with E-state index in [1.165, 1.54) is 5.56 Å². The Kier molecular flexibility index (Phi) is 3.91. The lowest BCUT2D eigenvalue weighted by atomic mass is 10.2. The molecule has 88 valence electrons. The third kappa shape index (κ3) is 3.45. The van der Waals surface area contributed by atoms with E-state index >= 15 is 0 Å². The Labute approximate surface area is 101 Å². The summed E-state index contributed by atoms with van der Waals surface area (Å²) in [6.07, 6.45) is 6.42. The van der Waals surface area contributed by atoms with Crippen molar-refractivity contribution in [3.63, 3.8) is 0 Å². The smallest absolute Gasteiger partial charge is 0.127 e. The predicted molar refractivity (Wildman–Crippen MR) is 70.2 cm³/mol. The van der Waals surface area contributed by atoms with Crippen molar-refractivity contribution in [3.8, 4) is 0 Å². The predicted octanol–water partition coefficient (Wildman–Crippen LogP) is 2.17. The third-order valence-electron chi connectivity index (χ3n) is 2.51. The van der Waals surface area contributed by atoms with Crippen molar-refractivity contribution in [1.29, 1.82) is 0 Å². The summed E-state index contributed by atoms with van der Waals surface area (Å²) in [5, 5.41) is 6.38. The highest BCUT2D eigenvalue weighted by Crippen LogP contribution is 2.11. The standard InChI is InChI=1S/C13H16N4/c1-14-13-10-12(5-9-17-13)16-8-4-11-2-6-15-7-3-11/h2-3,5-7,9-10H,4,8H2,1H3,(H2,14,16,17). The fraction of sp³-hybridized carbons (Fsp3) is 0.231. The second kappa shape index (κ2) is 5.84. The van der Waals surface area contributed by atoms with Gasteiger partial charge >= 0.3 is 0 Å². The van der Waals surface area contributed by atoms with Gasteiger partial charge in [0.1, 0.15) is 5.82 Å². The highest BCUT2D eigenvalue weighted by Gasteiger charge is 1.95. The van der Waals surface area contributed by atoms with Gasteiger partial charge in [0.15, 0.2) is 0 Å². The highest BCUT2D eigenvalue weighted by molar-refractivity contribution is 5.51. The van der Waals surface area contributed by atoms with Crippen LogP contribution in [0.4, 0.5) is 11.5 Å². The number of nitrogens with zero attached hydrogens (tertiary/aromatic N) is 2. The molecule has 4 nitrogen and oxygen atoms in total. The van der Waals surface area contributed by atoms with Crippen LogP contribution in [0.5, 0.6) is 0 Å². The van der Waals surface area contributed by atoms with Crippen molar-refractivity contribution in [2.75, 3.05) is 24.2 Å². The van der Waals surface area contributed by atoms with Crippen molar-refractivity contribution in [2.45, 2.75) is 6.42 Å². The first-order valence-electron chi connectivity index (χ1n) is 5.65. The third-order valence-corrected chi connectivity index (χ3v) is 2.51. The molecule has 2 heterocycles. The van der Waals surface area contributed by atoms with E-state index in [0.717, 1.165) is 24.5 Å². The average Bonchev–Trinajstić information content (AvgIpc) is 2.40. The molecule has 0 aromatic carbocycles. The Morgan fingerprint density at radius 3 is 2.71 bits per heavy atom. The summed E-state index contributed by atoms with van der Waals surface area (Å²) in [6, 6.07) is 8.03. The first-order valence-corrected chi connectivity index (χ1v) is 5.65. The SMILES string of the molecule is CNc1cc(NCCc2ccncc2)ccn1. The lowest BCUT2D eigenvalue weighted by molar-refractivity contribution is 1.01. The Hall–Kier alpha value is -2.10. The van der Waals surface area contributed by atoms with Gasteiger partial charge in [-0.15, -0.1) is 0 Å². The maximum Gasteiger partial charge on any atom is 0.127 e. The Balaban J connectivity index is 1.86. The lowest BCUT2D eigenvalue weighted by Crippen LogP contribution is -2.05. The Bertz CT molecular complexity index is 456. The van der Waals surface area contributed by atoms with Gasteiger partial charge in [0.2, 0.25) is 0 Å². The van der Waals surface area contributed by atoms with Crippen LogP contribution in [0.15, 0.2) is 42.9 Å². The van der Waals surface area contributed by atoms with Gasteiger partial charge in [-0.1, -0.05) is 0 Å². The Morgan fingerprint density at radius 2 is 1.94 bits per heavy atom. The van der Waals surface area contributed by atoms with E-state index in [4.69, 9.17) is 0 Å². The molecule has 0 amide bonds. The van der Waals surface area contributed by atoms with Gasteiger partial charge in [0.05, 0.1) is 0 Å². The fourth-order valence-corrected chi connectivity index (χ4v) is 1.58. The molecule has 0 unspecified atom stereocenters. The summed E-state index contributed by atoms with van der Waals surface area (Å²) >= 11 is 0. The fourth-order valence-electron chi connectivity index (χ4n) is 1.58. The molecule has 0 aliphatic rings. The first-order chi connectivity index (χ1) is 8.38. The summed E-state index contributed by atoms with van der Waals surface area (Å²) in [5.41, 5.74) is 2.37. The molecule has 0 bridgehead atoms. The summed E-state index contributed by atoms with van der Waals surface area (Å²) < 4.78 is 0. The largest absolute Gasteiger partial charge is 0.385 e. The summed E-state index contributed by atoms with van der Waals surface area (Å²) in [6.45, 7) is 0.900. The molecule has 0 fully saturated rings. The summed E-state index contributed by atoms with van der Waals surface area (Å²) in [4.78, 5) is 8.16. The zero-order valence-electron chi connectivity index (χ0n) is 9.85. The number of anilines is 2. The molecule has 4 heteroatoms. The van der Waals surface area contributed by atoms with Crippen LogP contribution in [0.1, 0.15) is 5.56 Å². The zero-order valence-corrected chi connectivity index (χ0v) is 9.85. The van der Waals surface area contributed by atoms with E-state index in [0.29, 0.717) is 0 Å². The maximum atomic E-state index is 4.16. The van der Waals surface area contributed by atoms with Crippen molar-refractivity contribution in [2.24, 2.45) is 0 Å². The minimum atomic E-state index is 0.874. The second-order valence-electron chi connectivity index (χ2n) is 3.71. The van der Waals surface area contributed by atoms with Crippen LogP contribution in [-0.2, 0) is 6.42 Å². The quantitative estimate of drug-likeness (QED) is 0.823. The van der Waals surface area contributed by atoms with E-state index < -0.39 is 0 Å². The molecule has 0 aliphatic carbocycles. The van der Waals surface area contributed by atoms with Gasteiger partial charge in [-0.05, 0) is 30.2 Å². The van der Waals surface area contributed by atoms with Crippen LogP contribution < -0.4 is 10.6 Å². The molecule has 0 spiro atoms. The number of hydrogen-bond donors (Lipinski definition) is 2. The van der Waals surface area contributed by atoms with Gasteiger partial charge in [-0.25, -0.2) is 4.98 Å². The normalized spacial score (nSPS) is 9.94. The molecule has 2 aromatic heterocycles. The molecular formula is C13H16N4. The van der Waals surface area contributed by atoms with Crippen molar-refractivity contribution in [1.82, 2.24) is 9.97 Å². The lowest BCUT2D eigenvalue weighted by Gasteiger charge is -2.07. The van der Waals surface area contributed by atoms with Crippen LogP contribution in [0.2, 0.25) is 0 Å². The van der Waals surface area contributed by atoms with E-state index in [-0.39, 0.29) is 0 Å². The van der Waals surface area contributed by atoms with Gasteiger partial charge in [-0.2, -0.15) is 0 Å². The summed E-state index contributed by atoms with van der Waals surface area (Å²) in [5.74, 6) is 0.874. The van der Waals surface area contributed by atoms with Crippen LogP contribution >= 0.6 is 0 Å². The maximum absolute atomic E-state index is 4.16. The Morgan fingerprint density at radius 1 is 1.12 bits per heavy atom. The van der Waals surface area contributed by atoms with E-state index in [1.807, 2.05) is 43.7 Å². The molecule has 0 radical (unpaired) electrons. The number of aromatic nitrogens is 2. The van der Waals surface area contributed by atoms with Gasteiger partial charge in [0.25, 0.3) is 0 Å². The van der Waals surface area contributed by atoms with E-state index in [9.17, 15) is 0 Å². The zero-order chi connectivity index (χ0) is 11.9. The minimum Gasteiger partial charge on any atom is -0.385 e. The number of hydrogen-bond acceptors (Lipinski definition) is 4. The molecule has 0 saturated carbocycles. The minimum absolute atomic E-state index is 0.874. The first kappa shape index (κ1) is 11.4.